The lowest BCUT2D eigenvalue weighted by Gasteiger charge is -2.41. The molecule has 1 saturated carbocycles. The van der Waals surface area contributed by atoms with Crippen LogP contribution in [-0.2, 0) is 19.1 Å². The highest BCUT2D eigenvalue weighted by atomic mass is 16.6. The molecule has 3 unspecified atom stereocenters. The fourth-order valence-corrected chi connectivity index (χ4v) is 6.40. The van der Waals surface area contributed by atoms with Crippen LogP contribution in [0.25, 0.3) is 22.2 Å². The quantitative estimate of drug-likeness (QED) is 0.253. The molecule has 3 atom stereocenters. The zero-order valence-electron chi connectivity index (χ0n) is 29.9. The van der Waals surface area contributed by atoms with Crippen molar-refractivity contribution >= 4 is 28.9 Å². The second-order valence-electron chi connectivity index (χ2n) is 15.2. The maximum absolute atomic E-state index is 14.1. The molecule has 2 amide bonds. The van der Waals surface area contributed by atoms with E-state index in [1.807, 2.05) is 101 Å². The fourth-order valence-electron chi connectivity index (χ4n) is 6.40. The SMILES string of the molecule is COC(=O)C1(NC(=O)C2CC(Oc3cc(-c4ccccc4)nc4cc(OC)ccc34)CN2CC(NC(=O)OC(C)(C)C)C(C)(C)C)CCC1. The first-order valence-corrected chi connectivity index (χ1v) is 17.0. The van der Waals surface area contributed by atoms with Crippen molar-refractivity contribution in [3.8, 4) is 22.8 Å². The molecule has 2 fully saturated rings. The van der Waals surface area contributed by atoms with Crippen molar-refractivity contribution in [3.05, 3.63) is 54.6 Å². The number of fused-ring (bicyclic) bond motifs is 1. The summed E-state index contributed by atoms with van der Waals surface area (Å²) in [6.07, 6.45) is 1.34. The van der Waals surface area contributed by atoms with Gasteiger partial charge in [-0.1, -0.05) is 51.1 Å². The van der Waals surface area contributed by atoms with Crippen molar-refractivity contribution in [2.45, 2.75) is 96.6 Å². The second kappa shape index (κ2) is 14.2. The first-order valence-electron chi connectivity index (χ1n) is 17.0. The highest BCUT2D eigenvalue weighted by Crippen LogP contribution is 2.37. The van der Waals surface area contributed by atoms with Gasteiger partial charge in [0.15, 0.2) is 0 Å². The molecule has 5 rings (SSSR count). The molecule has 0 spiro atoms. The van der Waals surface area contributed by atoms with Gasteiger partial charge >= 0.3 is 12.1 Å². The topological polar surface area (TPSA) is 128 Å². The molecular weight excluding hydrogens is 624 g/mol. The minimum absolute atomic E-state index is 0.268. The van der Waals surface area contributed by atoms with Crippen LogP contribution >= 0.6 is 0 Å². The number of carbonyl (C=O) groups excluding carboxylic acids is 3. The van der Waals surface area contributed by atoms with E-state index in [-0.39, 0.29) is 23.5 Å². The smallest absolute Gasteiger partial charge is 0.407 e. The summed E-state index contributed by atoms with van der Waals surface area (Å²) in [6.45, 7) is 12.3. The summed E-state index contributed by atoms with van der Waals surface area (Å²) in [5.74, 6) is 0.620. The van der Waals surface area contributed by atoms with E-state index >= 15 is 0 Å². The van der Waals surface area contributed by atoms with Crippen LogP contribution in [0, 0.1) is 5.41 Å². The number of pyridine rings is 1. The number of amides is 2. The number of carbonyl (C=O) groups is 3. The van der Waals surface area contributed by atoms with Crippen LogP contribution in [0.2, 0.25) is 0 Å². The Morgan fingerprint density at radius 3 is 2.31 bits per heavy atom. The Balaban J connectivity index is 1.47. The number of ether oxygens (including phenoxy) is 4. The molecule has 3 aromatic rings. The molecule has 49 heavy (non-hydrogen) atoms. The number of rotatable bonds is 10. The lowest BCUT2D eigenvalue weighted by Crippen LogP contribution is -2.63. The number of benzene rings is 2. The highest BCUT2D eigenvalue weighted by Gasteiger charge is 2.49. The summed E-state index contributed by atoms with van der Waals surface area (Å²) in [4.78, 5) is 46.8. The Morgan fingerprint density at radius 1 is 1.00 bits per heavy atom. The predicted octanol–water partition coefficient (Wildman–Crippen LogP) is 5.88. The summed E-state index contributed by atoms with van der Waals surface area (Å²) in [6, 6.07) is 16.5. The molecule has 11 nitrogen and oxygen atoms in total. The van der Waals surface area contributed by atoms with Gasteiger partial charge in [0, 0.05) is 48.6 Å². The van der Waals surface area contributed by atoms with Gasteiger partial charge in [-0.15, -0.1) is 0 Å². The number of hydrogen-bond donors (Lipinski definition) is 2. The first-order chi connectivity index (χ1) is 23.1. The third kappa shape index (κ3) is 8.44. The van der Waals surface area contributed by atoms with Gasteiger partial charge in [0.2, 0.25) is 5.91 Å². The van der Waals surface area contributed by atoms with Crippen LogP contribution < -0.4 is 20.1 Å². The minimum atomic E-state index is -1.03. The number of nitrogens with one attached hydrogen (secondary N) is 2. The monoisotopic (exact) mass is 674 g/mol. The zero-order valence-corrected chi connectivity index (χ0v) is 29.9. The molecule has 1 saturated heterocycles. The summed E-state index contributed by atoms with van der Waals surface area (Å²) in [5, 5.41) is 6.92. The summed E-state index contributed by atoms with van der Waals surface area (Å²) >= 11 is 0. The van der Waals surface area contributed by atoms with Gasteiger partial charge in [0.05, 0.1) is 31.5 Å². The average Bonchev–Trinajstić information content (AvgIpc) is 3.42. The highest BCUT2D eigenvalue weighted by molar-refractivity contribution is 5.91. The van der Waals surface area contributed by atoms with Gasteiger partial charge in [0.25, 0.3) is 0 Å². The van der Waals surface area contributed by atoms with Crippen molar-refractivity contribution in [1.82, 2.24) is 20.5 Å². The van der Waals surface area contributed by atoms with Gasteiger partial charge in [-0.25, -0.2) is 14.6 Å². The van der Waals surface area contributed by atoms with Crippen LogP contribution in [-0.4, -0.2) is 84.5 Å². The zero-order chi connectivity index (χ0) is 35.6. The van der Waals surface area contributed by atoms with E-state index in [2.05, 4.69) is 10.6 Å². The van der Waals surface area contributed by atoms with E-state index in [0.29, 0.717) is 43.9 Å². The maximum Gasteiger partial charge on any atom is 0.407 e. The van der Waals surface area contributed by atoms with Crippen molar-refractivity contribution in [2.24, 2.45) is 5.41 Å². The Bertz CT molecular complexity index is 1660. The molecular formula is C38H50N4O7. The molecule has 1 aliphatic carbocycles. The van der Waals surface area contributed by atoms with Crippen molar-refractivity contribution in [2.75, 3.05) is 27.3 Å². The Hall–Kier alpha value is -4.38. The van der Waals surface area contributed by atoms with E-state index in [0.717, 1.165) is 28.6 Å². The number of aromatic nitrogens is 1. The van der Waals surface area contributed by atoms with Crippen LogP contribution in [0.5, 0.6) is 11.5 Å². The van der Waals surface area contributed by atoms with Crippen molar-refractivity contribution in [1.29, 1.82) is 0 Å². The number of methoxy groups -OCH3 is 2. The standard InChI is InChI=1S/C38H50N4O7/c1-36(2,3)32(40-35(45)49-37(4,5)6)23-42-22-26(20-30(42)33(43)41-38(17-12-18-38)34(44)47-8)48-31-21-28(24-13-10-9-11-14-24)39-29-19-25(46-7)15-16-27(29)31/h9-11,13-16,19,21,26,30,32H,12,17-18,20,22-23H2,1-8H3,(H,40,45)(H,41,43). The van der Waals surface area contributed by atoms with Gasteiger partial charge in [-0.2, -0.15) is 0 Å². The first kappa shape index (κ1) is 35.9. The number of nitrogens with zero attached hydrogens (tertiary/aromatic N) is 2. The van der Waals surface area contributed by atoms with Crippen molar-refractivity contribution < 1.29 is 33.3 Å². The van der Waals surface area contributed by atoms with Crippen LogP contribution in [0.3, 0.4) is 0 Å². The van der Waals surface area contributed by atoms with E-state index in [9.17, 15) is 14.4 Å². The van der Waals surface area contributed by atoms with Gasteiger partial charge in [-0.05, 0) is 57.6 Å². The third-order valence-corrected chi connectivity index (χ3v) is 9.31. The second-order valence-corrected chi connectivity index (χ2v) is 15.2. The van der Waals surface area contributed by atoms with E-state index in [4.69, 9.17) is 23.9 Å². The van der Waals surface area contributed by atoms with Gasteiger partial charge in [0.1, 0.15) is 28.7 Å². The molecule has 2 heterocycles. The molecule has 2 N–H and O–H groups in total. The molecule has 0 radical (unpaired) electrons. The number of esters is 1. The molecule has 1 aromatic heterocycles. The average molecular weight is 675 g/mol. The fraction of sp³-hybridized carbons (Fsp3) is 0.526. The van der Waals surface area contributed by atoms with Crippen molar-refractivity contribution in [3.63, 3.8) is 0 Å². The molecule has 11 heteroatoms. The predicted molar refractivity (Wildman–Crippen MR) is 187 cm³/mol. The number of alkyl carbamates (subject to hydrolysis) is 1. The van der Waals surface area contributed by atoms with Crippen LogP contribution in [0.15, 0.2) is 54.6 Å². The summed E-state index contributed by atoms with van der Waals surface area (Å²) < 4.78 is 22.9. The molecule has 264 valence electrons. The number of likely N-dealkylation sites (tertiary alicyclic amines) is 1. The molecule has 1 aliphatic heterocycles. The van der Waals surface area contributed by atoms with Crippen LogP contribution in [0.4, 0.5) is 4.79 Å². The Kier molecular flexibility index (Phi) is 10.4. The summed E-state index contributed by atoms with van der Waals surface area (Å²) in [5.41, 5.74) is 0.349. The summed E-state index contributed by atoms with van der Waals surface area (Å²) in [7, 11) is 2.96. The van der Waals surface area contributed by atoms with Crippen LogP contribution in [0.1, 0.15) is 67.2 Å². The maximum atomic E-state index is 14.1. The lowest BCUT2D eigenvalue weighted by molar-refractivity contribution is -0.155. The minimum Gasteiger partial charge on any atom is -0.497 e. The normalized spacial score (nSPS) is 19.8. The van der Waals surface area contributed by atoms with Gasteiger partial charge in [-0.3, -0.25) is 9.69 Å². The van der Waals surface area contributed by atoms with E-state index < -0.39 is 29.2 Å². The van der Waals surface area contributed by atoms with E-state index in [1.165, 1.54) is 7.11 Å². The largest absolute Gasteiger partial charge is 0.497 e. The molecule has 2 aromatic carbocycles. The van der Waals surface area contributed by atoms with E-state index in [1.54, 1.807) is 7.11 Å². The molecule has 0 bridgehead atoms. The Labute approximate surface area is 289 Å². The Morgan fingerprint density at radius 2 is 1.71 bits per heavy atom. The lowest BCUT2D eigenvalue weighted by atomic mass is 9.76. The third-order valence-electron chi connectivity index (χ3n) is 9.31. The molecule has 2 aliphatic rings. The van der Waals surface area contributed by atoms with Gasteiger partial charge < -0.3 is 29.6 Å². The number of hydrogen-bond acceptors (Lipinski definition) is 9.